The zero-order valence-electron chi connectivity index (χ0n) is 12.4. The minimum absolute atomic E-state index is 0.619. The maximum atomic E-state index is 5.16. The molecule has 0 amide bonds. The highest BCUT2D eigenvalue weighted by Gasteiger charge is 2.19. The van der Waals surface area contributed by atoms with E-state index in [4.69, 9.17) is 9.57 Å². The van der Waals surface area contributed by atoms with Crippen LogP contribution < -0.4 is 0 Å². The van der Waals surface area contributed by atoms with Crippen molar-refractivity contribution in [3.05, 3.63) is 0 Å². The van der Waals surface area contributed by atoms with Crippen LogP contribution in [0.4, 0.5) is 0 Å². The SMILES string of the molecule is CCN1CCOCC1.CON1CCN(C)C(C)C1. The molecular formula is C13H29N3O2. The molecule has 0 aliphatic carbocycles. The summed E-state index contributed by atoms with van der Waals surface area (Å²) in [7, 11) is 3.88. The molecule has 0 bridgehead atoms. The van der Waals surface area contributed by atoms with Gasteiger partial charge in [-0.25, -0.2) is 0 Å². The van der Waals surface area contributed by atoms with Gasteiger partial charge in [0.15, 0.2) is 0 Å². The van der Waals surface area contributed by atoms with Crippen LogP contribution in [0.5, 0.6) is 0 Å². The van der Waals surface area contributed by atoms with Crippen LogP contribution >= 0.6 is 0 Å². The Balaban J connectivity index is 0.000000184. The number of hydrogen-bond acceptors (Lipinski definition) is 5. The molecule has 0 N–H and O–H groups in total. The van der Waals surface area contributed by atoms with Crippen LogP contribution in [0.1, 0.15) is 13.8 Å². The summed E-state index contributed by atoms with van der Waals surface area (Å²) >= 11 is 0. The number of likely N-dealkylation sites (N-methyl/N-ethyl adjacent to an activating group) is 2. The summed E-state index contributed by atoms with van der Waals surface area (Å²) < 4.78 is 5.16. The monoisotopic (exact) mass is 259 g/mol. The fraction of sp³-hybridized carbons (Fsp3) is 1.00. The predicted octanol–water partition coefficient (Wildman–Crippen LogP) is 0.522. The summed E-state index contributed by atoms with van der Waals surface area (Å²) in [6, 6.07) is 0.619. The lowest BCUT2D eigenvalue weighted by atomic mass is 10.2. The highest BCUT2D eigenvalue weighted by Crippen LogP contribution is 2.05. The van der Waals surface area contributed by atoms with Crippen LogP contribution in [0.3, 0.4) is 0 Å². The van der Waals surface area contributed by atoms with Gasteiger partial charge in [-0.15, -0.1) is 0 Å². The van der Waals surface area contributed by atoms with Crippen molar-refractivity contribution in [2.75, 3.05) is 66.6 Å². The molecule has 2 aliphatic rings. The van der Waals surface area contributed by atoms with Crippen molar-refractivity contribution in [2.24, 2.45) is 0 Å². The van der Waals surface area contributed by atoms with Crippen molar-refractivity contribution in [3.8, 4) is 0 Å². The number of morpholine rings is 1. The standard InChI is InChI=1S/C7H16N2O.C6H13NO/c1-7-6-9(10-3)5-4-8(7)2;1-2-7-3-5-8-6-4-7/h7H,4-6H2,1-3H3;2-6H2,1H3. The normalized spacial score (nSPS) is 27.7. The van der Waals surface area contributed by atoms with E-state index < -0.39 is 0 Å². The van der Waals surface area contributed by atoms with E-state index in [0.717, 1.165) is 45.9 Å². The summed E-state index contributed by atoms with van der Waals surface area (Å²) in [6.45, 7) is 12.8. The largest absolute Gasteiger partial charge is 0.379 e. The zero-order chi connectivity index (χ0) is 13.4. The molecule has 0 aromatic heterocycles. The summed E-state index contributed by atoms with van der Waals surface area (Å²) in [5.74, 6) is 0. The second-order valence-electron chi connectivity index (χ2n) is 4.95. The van der Waals surface area contributed by atoms with Gasteiger partial charge in [0.1, 0.15) is 0 Å². The summed E-state index contributed by atoms with van der Waals surface area (Å²) in [4.78, 5) is 9.85. The lowest BCUT2D eigenvalue weighted by molar-refractivity contribution is -0.160. The van der Waals surface area contributed by atoms with Gasteiger partial charge in [0, 0.05) is 38.8 Å². The van der Waals surface area contributed by atoms with Crippen molar-refractivity contribution >= 4 is 0 Å². The fourth-order valence-corrected chi connectivity index (χ4v) is 2.10. The van der Waals surface area contributed by atoms with E-state index in [1.54, 1.807) is 7.11 Å². The quantitative estimate of drug-likeness (QED) is 0.721. The average Bonchev–Trinajstić information content (AvgIpc) is 2.43. The van der Waals surface area contributed by atoms with Gasteiger partial charge in [-0.2, -0.15) is 5.06 Å². The van der Waals surface area contributed by atoms with Crippen molar-refractivity contribution in [1.82, 2.24) is 14.9 Å². The van der Waals surface area contributed by atoms with E-state index >= 15 is 0 Å². The lowest BCUT2D eigenvalue weighted by Gasteiger charge is -2.35. The molecule has 0 saturated carbocycles. The predicted molar refractivity (Wildman–Crippen MR) is 73.6 cm³/mol. The molecule has 5 nitrogen and oxygen atoms in total. The average molecular weight is 259 g/mol. The first-order valence-corrected chi connectivity index (χ1v) is 6.96. The maximum Gasteiger partial charge on any atom is 0.0594 e. The summed E-state index contributed by atoms with van der Waals surface area (Å²) in [5.41, 5.74) is 0. The first-order valence-electron chi connectivity index (χ1n) is 6.96. The Morgan fingerprint density at radius 3 is 2.28 bits per heavy atom. The van der Waals surface area contributed by atoms with Crippen LogP contribution in [0.2, 0.25) is 0 Å². The van der Waals surface area contributed by atoms with Gasteiger partial charge in [-0.3, -0.25) is 4.90 Å². The smallest absolute Gasteiger partial charge is 0.0594 e. The lowest BCUT2D eigenvalue weighted by Crippen LogP contribution is -2.49. The maximum absolute atomic E-state index is 5.16. The summed E-state index contributed by atoms with van der Waals surface area (Å²) in [6.07, 6.45) is 0. The van der Waals surface area contributed by atoms with Crippen molar-refractivity contribution < 1.29 is 9.57 Å². The van der Waals surface area contributed by atoms with Crippen LogP contribution in [-0.2, 0) is 9.57 Å². The molecule has 0 aromatic rings. The molecule has 5 heteroatoms. The topological polar surface area (TPSA) is 28.2 Å². The minimum atomic E-state index is 0.619. The first kappa shape index (κ1) is 15.9. The van der Waals surface area contributed by atoms with E-state index in [1.807, 2.05) is 5.06 Å². The number of hydroxylamine groups is 2. The van der Waals surface area contributed by atoms with Crippen molar-refractivity contribution in [3.63, 3.8) is 0 Å². The highest BCUT2D eigenvalue weighted by atomic mass is 16.7. The van der Waals surface area contributed by atoms with Gasteiger partial charge < -0.3 is 14.5 Å². The highest BCUT2D eigenvalue weighted by molar-refractivity contribution is 4.71. The van der Waals surface area contributed by atoms with Crippen molar-refractivity contribution in [1.29, 1.82) is 0 Å². The molecule has 0 radical (unpaired) electrons. The van der Waals surface area contributed by atoms with Gasteiger partial charge in [-0.05, 0) is 20.5 Å². The van der Waals surface area contributed by atoms with E-state index in [0.29, 0.717) is 6.04 Å². The molecule has 2 aliphatic heterocycles. The molecule has 2 rings (SSSR count). The number of nitrogens with zero attached hydrogens (tertiary/aromatic N) is 3. The van der Waals surface area contributed by atoms with E-state index in [1.165, 1.54) is 6.54 Å². The first-order chi connectivity index (χ1) is 8.67. The Kier molecular flexibility index (Phi) is 7.77. The molecule has 2 saturated heterocycles. The molecule has 2 fully saturated rings. The molecule has 1 atom stereocenters. The Morgan fingerprint density at radius 1 is 1.17 bits per heavy atom. The van der Waals surface area contributed by atoms with E-state index in [2.05, 4.69) is 30.7 Å². The molecule has 0 aromatic carbocycles. The Labute approximate surface area is 112 Å². The number of rotatable bonds is 2. The second-order valence-corrected chi connectivity index (χ2v) is 4.95. The molecule has 2 heterocycles. The Bertz CT molecular complexity index is 210. The fourth-order valence-electron chi connectivity index (χ4n) is 2.10. The molecular weight excluding hydrogens is 230 g/mol. The number of ether oxygens (including phenoxy) is 1. The van der Waals surface area contributed by atoms with Gasteiger partial charge in [-0.1, -0.05) is 6.92 Å². The van der Waals surface area contributed by atoms with Crippen LogP contribution in [-0.4, -0.2) is 87.5 Å². The molecule has 18 heavy (non-hydrogen) atoms. The number of piperazine rings is 1. The minimum Gasteiger partial charge on any atom is -0.379 e. The zero-order valence-corrected chi connectivity index (χ0v) is 12.4. The van der Waals surface area contributed by atoms with Crippen LogP contribution in [0, 0.1) is 0 Å². The Morgan fingerprint density at radius 2 is 1.83 bits per heavy atom. The van der Waals surface area contributed by atoms with Crippen LogP contribution in [0.15, 0.2) is 0 Å². The van der Waals surface area contributed by atoms with Crippen molar-refractivity contribution in [2.45, 2.75) is 19.9 Å². The third-order valence-corrected chi connectivity index (χ3v) is 3.73. The second kappa shape index (κ2) is 8.82. The third-order valence-electron chi connectivity index (χ3n) is 3.73. The molecule has 0 spiro atoms. The van der Waals surface area contributed by atoms with Gasteiger partial charge >= 0.3 is 0 Å². The number of hydrogen-bond donors (Lipinski definition) is 0. The van der Waals surface area contributed by atoms with Gasteiger partial charge in [0.2, 0.25) is 0 Å². The molecule has 108 valence electrons. The van der Waals surface area contributed by atoms with E-state index in [9.17, 15) is 0 Å². The van der Waals surface area contributed by atoms with Gasteiger partial charge in [0.05, 0.1) is 20.3 Å². The summed E-state index contributed by atoms with van der Waals surface area (Å²) in [5, 5.41) is 2.00. The third kappa shape index (κ3) is 5.63. The Hall–Kier alpha value is -0.200. The van der Waals surface area contributed by atoms with Gasteiger partial charge in [0.25, 0.3) is 0 Å². The van der Waals surface area contributed by atoms with E-state index in [-0.39, 0.29) is 0 Å². The van der Waals surface area contributed by atoms with Crippen LogP contribution in [0.25, 0.3) is 0 Å². The molecule has 1 unspecified atom stereocenters.